The van der Waals surface area contributed by atoms with E-state index in [1.165, 1.54) is 29.6 Å². The normalized spacial score (nSPS) is 18.1. The van der Waals surface area contributed by atoms with Crippen LogP contribution in [0.2, 0.25) is 0 Å². The van der Waals surface area contributed by atoms with E-state index in [1.807, 2.05) is 11.0 Å². The van der Waals surface area contributed by atoms with E-state index in [9.17, 15) is 22.9 Å². The van der Waals surface area contributed by atoms with Crippen LogP contribution in [0.25, 0.3) is 0 Å². The van der Waals surface area contributed by atoms with Gasteiger partial charge in [0.2, 0.25) is 10.0 Å². The highest BCUT2D eigenvalue weighted by molar-refractivity contribution is 7.89. The van der Waals surface area contributed by atoms with Crippen molar-refractivity contribution in [1.29, 1.82) is 0 Å². The molecular formula is C22H27FN4O6S. The van der Waals surface area contributed by atoms with Crippen LogP contribution in [0.5, 0.6) is 5.75 Å². The van der Waals surface area contributed by atoms with Gasteiger partial charge in [-0.15, -0.1) is 0 Å². The Morgan fingerprint density at radius 1 is 1.06 bits per heavy atom. The molecule has 2 aliphatic rings. The molecule has 0 unspecified atom stereocenters. The monoisotopic (exact) mass is 494 g/mol. The molecule has 0 N–H and O–H groups in total. The Bertz CT molecular complexity index is 1150. The van der Waals surface area contributed by atoms with Crippen molar-refractivity contribution in [2.75, 3.05) is 64.5 Å². The standard InChI is InChI=1S/C22H27FN4O6S/c1-32-22-5-2-17(14-19(22)23)16-24-6-8-25(9-7-24)20-4-3-18(15-21(20)27(28)29)34(30,31)26-10-12-33-13-11-26/h2-5,14-15H,6-13,16H2,1H3. The van der Waals surface area contributed by atoms with Gasteiger partial charge < -0.3 is 14.4 Å². The number of benzene rings is 2. The molecule has 0 aliphatic carbocycles. The maximum Gasteiger partial charge on any atom is 0.293 e. The van der Waals surface area contributed by atoms with Gasteiger partial charge in [0.1, 0.15) is 5.69 Å². The molecule has 12 heteroatoms. The summed E-state index contributed by atoms with van der Waals surface area (Å²) in [6.45, 7) is 3.88. The van der Waals surface area contributed by atoms with Gasteiger partial charge >= 0.3 is 0 Å². The van der Waals surface area contributed by atoms with Gasteiger partial charge in [-0.3, -0.25) is 15.0 Å². The zero-order valence-corrected chi connectivity index (χ0v) is 19.7. The van der Waals surface area contributed by atoms with Crippen molar-refractivity contribution < 1.29 is 27.2 Å². The lowest BCUT2D eigenvalue weighted by Gasteiger charge is -2.36. The van der Waals surface area contributed by atoms with Crippen LogP contribution in [0, 0.1) is 15.9 Å². The van der Waals surface area contributed by atoms with E-state index in [0.717, 1.165) is 11.6 Å². The Morgan fingerprint density at radius 2 is 1.76 bits per heavy atom. The largest absolute Gasteiger partial charge is 0.494 e. The number of ether oxygens (including phenoxy) is 2. The maximum absolute atomic E-state index is 14.0. The van der Waals surface area contributed by atoms with Gasteiger partial charge in [0, 0.05) is 51.9 Å². The number of nitro benzene ring substituents is 1. The first-order valence-electron chi connectivity index (χ1n) is 11.0. The third-order valence-electron chi connectivity index (χ3n) is 6.09. The number of morpholine rings is 1. The molecule has 2 saturated heterocycles. The maximum atomic E-state index is 14.0. The van der Waals surface area contributed by atoms with Crippen LogP contribution in [0.15, 0.2) is 41.3 Å². The number of nitro groups is 1. The number of nitrogens with zero attached hydrogens (tertiary/aromatic N) is 4. The highest BCUT2D eigenvalue weighted by Crippen LogP contribution is 2.33. The smallest absolute Gasteiger partial charge is 0.293 e. The Labute approximate surface area is 197 Å². The molecule has 2 aliphatic heterocycles. The summed E-state index contributed by atoms with van der Waals surface area (Å²) < 4.78 is 51.3. The van der Waals surface area contributed by atoms with E-state index in [1.54, 1.807) is 6.07 Å². The molecule has 10 nitrogen and oxygen atoms in total. The van der Waals surface area contributed by atoms with E-state index in [0.29, 0.717) is 51.6 Å². The van der Waals surface area contributed by atoms with Crippen LogP contribution < -0.4 is 9.64 Å². The number of anilines is 1. The molecule has 0 atom stereocenters. The van der Waals surface area contributed by atoms with Gasteiger partial charge in [0.15, 0.2) is 11.6 Å². The molecule has 2 aromatic rings. The molecule has 2 fully saturated rings. The SMILES string of the molecule is COc1ccc(CN2CCN(c3ccc(S(=O)(=O)N4CCOCC4)cc3[N+](=O)[O-])CC2)cc1F. The van der Waals surface area contributed by atoms with Gasteiger partial charge in [-0.1, -0.05) is 6.07 Å². The third kappa shape index (κ3) is 5.14. The topological polar surface area (TPSA) is 105 Å². The number of hydrogen-bond acceptors (Lipinski definition) is 8. The first-order valence-corrected chi connectivity index (χ1v) is 12.4. The predicted octanol–water partition coefficient (Wildman–Crippen LogP) is 2.09. The second-order valence-electron chi connectivity index (χ2n) is 8.16. The minimum Gasteiger partial charge on any atom is -0.494 e. The Hall–Kier alpha value is -2.80. The number of rotatable bonds is 7. The van der Waals surface area contributed by atoms with E-state index in [4.69, 9.17) is 9.47 Å². The number of hydrogen-bond donors (Lipinski definition) is 0. The van der Waals surface area contributed by atoms with Gasteiger partial charge in [-0.05, 0) is 29.8 Å². The summed E-state index contributed by atoms with van der Waals surface area (Å²) in [4.78, 5) is 15.2. The third-order valence-corrected chi connectivity index (χ3v) is 7.98. The van der Waals surface area contributed by atoms with Crippen molar-refractivity contribution in [3.63, 3.8) is 0 Å². The predicted molar refractivity (Wildman–Crippen MR) is 123 cm³/mol. The zero-order chi connectivity index (χ0) is 24.3. The van der Waals surface area contributed by atoms with Crippen molar-refractivity contribution in [3.8, 4) is 5.75 Å². The lowest BCUT2D eigenvalue weighted by molar-refractivity contribution is -0.384. The van der Waals surface area contributed by atoms with Crippen molar-refractivity contribution in [2.45, 2.75) is 11.4 Å². The van der Waals surface area contributed by atoms with Gasteiger partial charge in [0.05, 0.1) is 30.1 Å². The summed E-state index contributed by atoms with van der Waals surface area (Å²) in [6.07, 6.45) is 0. The quantitative estimate of drug-likeness (QED) is 0.426. The summed E-state index contributed by atoms with van der Waals surface area (Å²) in [5.41, 5.74) is 0.969. The first kappa shape index (κ1) is 24.3. The minimum absolute atomic E-state index is 0.0926. The fourth-order valence-corrected chi connectivity index (χ4v) is 5.66. The molecule has 34 heavy (non-hydrogen) atoms. The van der Waals surface area contributed by atoms with Crippen LogP contribution in [-0.4, -0.2) is 82.1 Å². The summed E-state index contributed by atoms with van der Waals surface area (Å²) in [7, 11) is -2.42. The molecule has 4 rings (SSSR count). The van der Waals surface area contributed by atoms with Crippen LogP contribution in [0.1, 0.15) is 5.56 Å². The lowest BCUT2D eigenvalue weighted by atomic mass is 10.1. The second kappa shape index (κ2) is 10.2. The fourth-order valence-electron chi connectivity index (χ4n) is 4.23. The molecule has 0 amide bonds. The molecule has 0 radical (unpaired) electrons. The molecule has 2 aromatic carbocycles. The Balaban J connectivity index is 1.46. The van der Waals surface area contributed by atoms with Gasteiger partial charge in [-0.2, -0.15) is 4.31 Å². The molecular weight excluding hydrogens is 467 g/mol. The molecule has 0 saturated carbocycles. The minimum atomic E-state index is -3.83. The lowest BCUT2D eigenvalue weighted by Crippen LogP contribution is -2.46. The number of piperazine rings is 1. The molecule has 2 heterocycles. The fraction of sp³-hybridized carbons (Fsp3) is 0.455. The summed E-state index contributed by atoms with van der Waals surface area (Å²) >= 11 is 0. The highest BCUT2D eigenvalue weighted by Gasteiger charge is 2.30. The summed E-state index contributed by atoms with van der Waals surface area (Å²) in [5, 5.41) is 11.8. The van der Waals surface area contributed by atoms with Crippen LogP contribution in [0.3, 0.4) is 0 Å². The average molecular weight is 495 g/mol. The molecule has 184 valence electrons. The number of halogens is 1. The molecule has 0 bridgehead atoms. The van der Waals surface area contributed by atoms with Crippen molar-refractivity contribution in [1.82, 2.24) is 9.21 Å². The van der Waals surface area contributed by atoms with E-state index in [2.05, 4.69) is 4.90 Å². The van der Waals surface area contributed by atoms with Crippen molar-refractivity contribution in [2.24, 2.45) is 0 Å². The Morgan fingerprint density at radius 3 is 2.38 bits per heavy atom. The summed E-state index contributed by atoms with van der Waals surface area (Å²) in [5.74, 6) is -0.221. The average Bonchev–Trinajstić information content (AvgIpc) is 2.85. The van der Waals surface area contributed by atoms with Gasteiger partial charge in [0.25, 0.3) is 5.69 Å². The van der Waals surface area contributed by atoms with E-state index < -0.39 is 20.8 Å². The summed E-state index contributed by atoms with van der Waals surface area (Å²) in [6, 6.07) is 8.94. The van der Waals surface area contributed by atoms with Crippen LogP contribution >= 0.6 is 0 Å². The molecule has 0 aromatic heterocycles. The van der Waals surface area contributed by atoms with Crippen molar-refractivity contribution >= 4 is 21.4 Å². The van der Waals surface area contributed by atoms with Crippen LogP contribution in [-0.2, 0) is 21.3 Å². The second-order valence-corrected chi connectivity index (χ2v) is 10.1. The van der Waals surface area contributed by atoms with E-state index in [-0.39, 0.29) is 29.4 Å². The molecule has 0 spiro atoms. The van der Waals surface area contributed by atoms with Gasteiger partial charge in [-0.25, -0.2) is 12.8 Å². The number of sulfonamides is 1. The first-order chi connectivity index (χ1) is 16.3. The highest BCUT2D eigenvalue weighted by atomic mass is 32.2. The van der Waals surface area contributed by atoms with E-state index >= 15 is 0 Å². The zero-order valence-electron chi connectivity index (χ0n) is 18.9. The van der Waals surface area contributed by atoms with Crippen molar-refractivity contribution in [3.05, 3.63) is 57.9 Å². The van der Waals surface area contributed by atoms with Crippen LogP contribution in [0.4, 0.5) is 15.8 Å². The Kier molecular flexibility index (Phi) is 7.31. The number of methoxy groups -OCH3 is 1.